The number of aromatic nitrogens is 1. The molecule has 1 heterocycles. The number of hydrogen-bond donors (Lipinski definition) is 0. The fraction of sp³-hybridized carbons (Fsp3) is 0.500. The molecular formula is C10H14N2O2S. The maximum Gasteiger partial charge on any atom is 0.150 e. The maximum atomic E-state index is 11.2. The predicted molar refractivity (Wildman–Crippen MR) is 58.1 cm³/mol. The Labute approximate surface area is 90.1 Å². The highest BCUT2D eigenvalue weighted by atomic mass is 32.2. The van der Waals surface area contributed by atoms with Crippen molar-refractivity contribution in [1.82, 2.24) is 4.57 Å². The topological polar surface area (TPSA) is 62.9 Å². The van der Waals surface area contributed by atoms with Crippen molar-refractivity contribution in [3.8, 4) is 6.07 Å². The van der Waals surface area contributed by atoms with Gasteiger partial charge in [-0.2, -0.15) is 5.26 Å². The van der Waals surface area contributed by atoms with Crippen molar-refractivity contribution in [1.29, 1.82) is 5.26 Å². The van der Waals surface area contributed by atoms with Gasteiger partial charge in [-0.1, -0.05) is 6.92 Å². The Bertz CT molecular complexity index is 454. The highest BCUT2D eigenvalue weighted by molar-refractivity contribution is 7.91. The summed E-state index contributed by atoms with van der Waals surface area (Å²) in [6.07, 6.45) is 2.34. The van der Waals surface area contributed by atoms with Gasteiger partial charge in [0.1, 0.15) is 21.6 Å². The molecule has 1 aromatic rings. The van der Waals surface area contributed by atoms with Crippen LogP contribution in [0, 0.1) is 11.3 Å². The van der Waals surface area contributed by atoms with E-state index in [1.54, 1.807) is 29.8 Å². The Morgan fingerprint density at radius 1 is 1.53 bits per heavy atom. The smallest absolute Gasteiger partial charge is 0.150 e. The van der Waals surface area contributed by atoms with E-state index in [4.69, 9.17) is 5.26 Å². The average Bonchev–Trinajstić information content (AvgIpc) is 2.65. The Morgan fingerprint density at radius 3 is 2.87 bits per heavy atom. The molecule has 5 heteroatoms. The molecule has 0 unspecified atom stereocenters. The van der Waals surface area contributed by atoms with Crippen molar-refractivity contribution >= 4 is 9.84 Å². The molecule has 0 amide bonds. The lowest BCUT2D eigenvalue weighted by atomic mass is 10.4. The summed E-state index contributed by atoms with van der Waals surface area (Å²) >= 11 is 0. The molecular weight excluding hydrogens is 212 g/mol. The van der Waals surface area contributed by atoms with Gasteiger partial charge in [-0.3, -0.25) is 0 Å². The van der Waals surface area contributed by atoms with Crippen molar-refractivity contribution < 1.29 is 8.42 Å². The second kappa shape index (κ2) is 4.99. The van der Waals surface area contributed by atoms with Crippen LogP contribution in [0.1, 0.15) is 19.0 Å². The van der Waals surface area contributed by atoms with Gasteiger partial charge in [-0.15, -0.1) is 0 Å². The van der Waals surface area contributed by atoms with Crippen LogP contribution < -0.4 is 0 Å². The van der Waals surface area contributed by atoms with Gasteiger partial charge in [0.05, 0.1) is 5.75 Å². The lowest BCUT2D eigenvalue weighted by molar-refractivity contribution is 0.587. The van der Waals surface area contributed by atoms with Crippen LogP contribution in [-0.4, -0.2) is 24.5 Å². The van der Waals surface area contributed by atoms with Crippen LogP contribution in [0.15, 0.2) is 18.3 Å². The van der Waals surface area contributed by atoms with Crippen molar-refractivity contribution in [2.24, 2.45) is 0 Å². The Morgan fingerprint density at radius 2 is 2.27 bits per heavy atom. The van der Waals surface area contributed by atoms with Gasteiger partial charge in [0.25, 0.3) is 0 Å². The molecule has 0 saturated heterocycles. The quantitative estimate of drug-likeness (QED) is 0.757. The molecule has 0 atom stereocenters. The van der Waals surface area contributed by atoms with Crippen molar-refractivity contribution in [2.75, 3.05) is 11.5 Å². The molecule has 0 aliphatic heterocycles. The minimum Gasteiger partial charge on any atom is -0.339 e. The van der Waals surface area contributed by atoms with Gasteiger partial charge in [-0.05, 0) is 18.6 Å². The zero-order valence-electron chi connectivity index (χ0n) is 8.68. The van der Waals surface area contributed by atoms with Gasteiger partial charge in [0.2, 0.25) is 0 Å². The van der Waals surface area contributed by atoms with Crippen LogP contribution in [0.2, 0.25) is 0 Å². The average molecular weight is 226 g/mol. The van der Waals surface area contributed by atoms with Crippen LogP contribution in [0.25, 0.3) is 0 Å². The molecule has 82 valence electrons. The SMILES string of the molecule is CCS(=O)(=O)CCCn1cccc1C#N. The van der Waals surface area contributed by atoms with Crippen molar-refractivity contribution in [3.63, 3.8) is 0 Å². The molecule has 0 N–H and O–H groups in total. The monoisotopic (exact) mass is 226 g/mol. The van der Waals surface area contributed by atoms with E-state index in [1.165, 1.54) is 0 Å². The molecule has 0 aromatic carbocycles. The third kappa shape index (κ3) is 3.40. The lowest BCUT2D eigenvalue weighted by Gasteiger charge is -2.04. The summed E-state index contributed by atoms with van der Waals surface area (Å²) < 4.78 is 24.2. The fourth-order valence-electron chi connectivity index (χ4n) is 1.31. The number of nitriles is 1. The molecule has 1 rings (SSSR count). The van der Waals surface area contributed by atoms with E-state index in [0.29, 0.717) is 18.7 Å². The highest BCUT2D eigenvalue weighted by Crippen LogP contribution is 2.03. The van der Waals surface area contributed by atoms with Crippen LogP contribution in [0.3, 0.4) is 0 Å². The second-order valence-electron chi connectivity index (χ2n) is 3.29. The van der Waals surface area contributed by atoms with Crippen LogP contribution in [0.5, 0.6) is 0 Å². The summed E-state index contributed by atoms with van der Waals surface area (Å²) in [6.45, 7) is 2.22. The molecule has 0 fully saturated rings. The first-order chi connectivity index (χ1) is 7.09. The minimum atomic E-state index is -2.89. The fourth-order valence-corrected chi connectivity index (χ4v) is 2.17. The van der Waals surface area contributed by atoms with E-state index >= 15 is 0 Å². The molecule has 0 saturated carbocycles. The first-order valence-corrected chi connectivity index (χ1v) is 6.67. The molecule has 0 aliphatic rings. The number of sulfone groups is 1. The molecule has 1 aromatic heterocycles. The van der Waals surface area contributed by atoms with Gasteiger partial charge < -0.3 is 4.57 Å². The van der Waals surface area contributed by atoms with E-state index in [-0.39, 0.29) is 11.5 Å². The Balaban J connectivity index is 2.49. The summed E-state index contributed by atoms with van der Waals surface area (Å²) in [7, 11) is -2.89. The molecule has 0 radical (unpaired) electrons. The van der Waals surface area contributed by atoms with E-state index in [1.807, 2.05) is 0 Å². The molecule has 0 bridgehead atoms. The number of nitrogens with zero attached hydrogens (tertiary/aromatic N) is 2. The number of hydrogen-bond acceptors (Lipinski definition) is 3. The van der Waals surface area contributed by atoms with E-state index in [2.05, 4.69) is 6.07 Å². The molecule has 4 nitrogen and oxygen atoms in total. The zero-order chi connectivity index (χ0) is 11.3. The summed E-state index contributed by atoms with van der Waals surface area (Å²) in [5.74, 6) is 0.371. The van der Waals surface area contributed by atoms with E-state index < -0.39 is 9.84 Å². The Hall–Kier alpha value is -1.28. The first-order valence-electron chi connectivity index (χ1n) is 4.84. The number of aryl methyl sites for hydroxylation is 1. The Kier molecular flexibility index (Phi) is 3.92. The zero-order valence-corrected chi connectivity index (χ0v) is 9.50. The molecule has 0 aliphatic carbocycles. The standard InChI is InChI=1S/C10H14N2O2S/c1-2-15(13,14)8-4-7-12-6-3-5-10(12)9-11/h3,5-6H,2,4,7-8H2,1H3. The van der Waals surface area contributed by atoms with Crippen molar-refractivity contribution in [2.45, 2.75) is 19.9 Å². The number of rotatable bonds is 5. The van der Waals surface area contributed by atoms with E-state index in [0.717, 1.165) is 0 Å². The van der Waals surface area contributed by atoms with Gasteiger partial charge in [0.15, 0.2) is 0 Å². The first kappa shape index (κ1) is 11.8. The maximum absolute atomic E-state index is 11.2. The van der Waals surface area contributed by atoms with Gasteiger partial charge in [0, 0.05) is 18.5 Å². The molecule has 0 spiro atoms. The van der Waals surface area contributed by atoms with Crippen LogP contribution in [0.4, 0.5) is 0 Å². The predicted octanol–water partition coefficient (Wildman–Crippen LogP) is 1.18. The van der Waals surface area contributed by atoms with Gasteiger partial charge in [-0.25, -0.2) is 8.42 Å². The van der Waals surface area contributed by atoms with Crippen LogP contribution >= 0.6 is 0 Å². The normalized spacial score (nSPS) is 11.2. The minimum absolute atomic E-state index is 0.184. The summed E-state index contributed by atoms with van der Waals surface area (Å²) in [5, 5.41) is 8.72. The highest BCUT2D eigenvalue weighted by Gasteiger charge is 2.07. The summed E-state index contributed by atoms with van der Waals surface area (Å²) in [5.41, 5.74) is 0.573. The van der Waals surface area contributed by atoms with Crippen LogP contribution in [-0.2, 0) is 16.4 Å². The van der Waals surface area contributed by atoms with Gasteiger partial charge >= 0.3 is 0 Å². The largest absolute Gasteiger partial charge is 0.339 e. The van der Waals surface area contributed by atoms with Crippen molar-refractivity contribution in [3.05, 3.63) is 24.0 Å². The second-order valence-corrected chi connectivity index (χ2v) is 5.76. The third-order valence-electron chi connectivity index (χ3n) is 2.24. The van der Waals surface area contributed by atoms with E-state index in [9.17, 15) is 8.42 Å². The lowest BCUT2D eigenvalue weighted by Crippen LogP contribution is -2.11. The summed E-state index contributed by atoms with van der Waals surface area (Å²) in [6, 6.07) is 5.55. The summed E-state index contributed by atoms with van der Waals surface area (Å²) in [4.78, 5) is 0. The molecule has 15 heavy (non-hydrogen) atoms. The third-order valence-corrected chi connectivity index (χ3v) is 4.03.